The van der Waals surface area contributed by atoms with Gasteiger partial charge in [-0.05, 0) is 70.8 Å². The quantitative estimate of drug-likeness (QED) is 0.0915. The van der Waals surface area contributed by atoms with Gasteiger partial charge in [0.05, 0.1) is 85.3 Å². The van der Waals surface area contributed by atoms with E-state index in [1.165, 1.54) is 0 Å². The Kier molecular flexibility index (Phi) is 15.3. The van der Waals surface area contributed by atoms with Crippen molar-refractivity contribution in [1.82, 2.24) is 0 Å². The third-order valence-corrected chi connectivity index (χ3v) is 15.5. The van der Waals surface area contributed by atoms with Gasteiger partial charge in [0.25, 0.3) is 0 Å². The lowest BCUT2D eigenvalue weighted by Gasteiger charge is -2.38. The molecule has 294 valence electrons. The van der Waals surface area contributed by atoms with Crippen LogP contribution in [0.5, 0.6) is 69.0 Å². The largest absolute Gasteiger partial charge is 0.493 e. The zero-order valence-corrected chi connectivity index (χ0v) is 35.2. The molecule has 0 saturated heterocycles. The summed E-state index contributed by atoms with van der Waals surface area (Å²) in [5.74, 6) is 6.15. The molecule has 0 aliphatic rings. The van der Waals surface area contributed by atoms with E-state index in [2.05, 4.69) is 6.92 Å². The van der Waals surface area contributed by atoms with Crippen LogP contribution < -0.4 is 78.1 Å². The molecule has 0 bridgehead atoms. The van der Waals surface area contributed by atoms with Gasteiger partial charge in [0.1, 0.15) is 0 Å². The van der Waals surface area contributed by atoms with Gasteiger partial charge in [-0.1, -0.05) is 13.3 Å². The number of ether oxygens (including phenoxy) is 12. The SMILES string of the molecule is CCCC(P(c1ccc(OC)c(OC)c1OC)c1ccc(OC)c(OC)c1OC)P(c1ccc(OC)c(OC)c1OC)c1ccc(OC)c(OC)c1OC. The van der Waals surface area contributed by atoms with Gasteiger partial charge < -0.3 is 56.8 Å². The van der Waals surface area contributed by atoms with Crippen molar-refractivity contribution in [3.63, 3.8) is 0 Å². The molecular weight excluding hydrogens is 734 g/mol. The minimum Gasteiger partial charge on any atom is -0.493 e. The monoisotopic (exact) mass is 786 g/mol. The van der Waals surface area contributed by atoms with Crippen molar-refractivity contribution in [2.24, 2.45) is 0 Å². The Balaban J connectivity index is 2.32. The van der Waals surface area contributed by atoms with Gasteiger partial charge in [0.15, 0.2) is 46.0 Å². The molecule has 0 spiro atoms. The molecule has 14 heteroatoms. The normalized spacial score (nSPS) is 11.0. The Bertz CT molecular complexity index is 1610. The van der Waals surface area contributed by atoms with E-state index in [0.717, 1.165) is 34.1 Å². The van der Waals surface area contributed by atoms with Crippen LogP contribution in [0.3, 0.4) is 0 Å². The van der Waals surface area contributed by atoms with Crippen molar-refractivity contribution < 1.29 is 56.8 Å². The summed E-state index contributed by atoms with van der Waals surface area (Å²) in [6, 6.07) is 15.8. The minimum atomic E-state index is -1.47. The lowest BCUT2D eigenvalue weighted by atomic mass is 10.3. The first-order chi connectivity index (χ1) is 26.3. The summed E-state index contributed by atoms with van der Waals surface area (Å²) in [6.45, 7) is 2.17. The second-order valence-corrected chi connectivity index (χ2v) is 16.5. The molecule has 0 unspecified atom stereocenters. The average Bonchev–Trinajstić information content (AvgIpc) is 3.22. The van der Waals surface area contributed by atoms with E-state index in [9.17, 15) is 0 Å². The van der Waals surface area contributed by atoms with Crippen LogP contribution in [-0.4, -0.2) is 90.7 Å². The number of benzene rings is 4. The molecule has 0 fully saturated rings. The number of methoxy groups -OCH3 is 12. The Morgan fingerprint density at radius 1 is 0.333 bits per heavy atom. The van der Waals surface area contributed by atoms with E-state index in [1.807, 2.05) is 48.5 Å². The second kappa shape index (κ2) is 19.6. The van der Waals surface area contributed by atoms with E-state index >= 15 is 0 Å². The van der Waals surface area contributed by atoms with Gasteiger partial charge in [-0.15, -0.1) is 0 Å². The second-order valence-electron chi connectivity index (χ2n) is 11.4. The molecule has 0 aliphatic heterocycles. The van der Waals surface area contributed by atoms with Gasteiger partial charge in [0.2, 0.25) is 23.0 Å². The summed E-state index contributed by atoms with van der Waals surface area (Å²) in [7, 11) is 16.4. The number of rotatable bonds is 20. The van der Waals surface area contributed by atoms with Crippen LogP contribution in [0.4, 0.5) is 0 Å². The van der Waals surface area contributed by atoms with Crippen LogP contribution in [0.25, 0.3) is 0 Å². The fourth-order valence-electron chi connectivity index (χ4n) is 6.63. The molecule has 12 nitrogen and oxygen atoms in total. The number of hydrogen-bond donors (Lipinski definition) is 0. The maximum atomic E-state index is 6.23. The van der Waals surface area contributed by atoms with Crippen LogP contribution in [0.2, 0.25) is 0 Å². The molecular formula is C40H52O12P2. The van der Waals surface area contributed by atoms with E-state index in [0.29, 0.717) is 69.0 Å². The zero-order valence-electron chi connectivity index (χ0n) is 33.4. The summed E-state index contributed by atoms with van der Waals surface area (Å²) >= 11 is 0. The van der Waals surface area contributed by atoms with Crippen LogP contribution in [0, 0.1) is 0 Å². The third-order valence-electron chi connectivity index (χ3n) is 8.91. The predicted molar refractivity (Wildman–Crippen MR) is 215 cm³/mol. The van der Waals surface area contributed by atoms with Crippen LogP contribution in [0.1, 0.15) is 19.8 Å². The van der Waals surface area contributed by atoms with Crippen LogP contribution >= 0.6 is 15.8 Å². The maximum Gasteiger partial charge on any atom is 0.203 e. The van der Waals surface area contributed by atoms with Crippen molar-refractivity contribution in [1.29, 1.82) is 0 Å². The van der Waals surface area contributed by atoms with Crippen molar-refractivity contribution in [3.8, 4) is 69.0 Å². The number of hydrogen-bond acceptors (Lipinski definition) is 12. The van der Waals surface area contributed by atoms with E-state index in [4.69, 9.17) is 56.8 Å². The van der Waals surface area contributed by atoms with E-state index < -0.39 is 15.8 Å². The highest BCUT2D eigenvalue weighted by Gasteiger charge is 2.42. The molecule has 0 amide bonds. The van der Waals surface area contributed by atoms with E-state index in [-0.39, 0.29) is 5.40 Å². The maximum absolute atomic E-state index is 6.23. The molecule has 0 saturated carbocycles. The van der Waals surface area contributed by atoms with Crippen molar-refractivity contribution in [3.05, 3.63) is 48.5 Å². The molecule has 0 radical (unpaired) electrons. The van der Waals surface area contributed by atoms with E-state index in [1.54, 1.807) is 85.3 Å². The molecule has 0 aliphatic carbocycles. The van der Waals surface area contributed by atoms with Gasteiger partial charge in [0, 0.05) is 26.6 Å². The Morgan fingerprint density at radius 3 is 0.722 bits per heavy atom. The van der Waals surface area contributed by atoms with Crippen molar-refractivity contribution >= 4 is 37.1 Å². The Labute approximate surface area is 321 Å². The molecule has 0 heterocycles. The highest BCUT2D eigenvalue weighted by atomic mass is 31.2. The average molecular weight is 787 g/mol. The lowest BCUT2D eigenvalue weighted by Crippen LogP contribution is -2.30. The van der Waals surface area contributed by atoms with Crippen molar-refractivity contribution in [2.75, 3.05) is 85.3 Å². The fourth-order valence-corrected chi connectivity index (χ4v) is 14.5. The standard InChI is InChI=1S/C40H52O12P2/c1-14-15-32(53(28-20-16-24(41-2)33(45-6)37(28)49-10)29-21-17-25(42-3)34(46-7)38(29)50-11)54(30-22-18-26(43-4)35(47-8)39(30)51-12)31-23-19-27(44-5)36(48-9)40(31)52-13/h16-23,32H,14-15H2,1-13H3. The minimum absolute atomic E-state index is 0.169. The topological polar surface area (TPSA) is 111 Å². The van der Waals surface area contributed by atoms with Crippen molar-refractivity contribution in [2.45, 2.75) is 25.2 Å². The Hall–Kier alpha value is -4.66. The van der Waals surface area contributed by atoms with Gasteiger partial charge in [-0.2, -0.15) is 0 Å². The summed E-state index contributed by atoms with van der Waals surface area (Å²) < 4.78 is 71.7. The summed E-state index contributed by atoms with van der Waals surface area (Å²) in [4.78, 5) is 0. The molecule has 4 rings (SSSR count). The van der Waals surface area contributed by atoms with Crippen LogP contribution in [-0.2, 0) is 0 Å². The highest BCUT2D eigenvalue weighted by molar-refractivity contribution is 7.90. The summed E-state index contributed by atoms with van der Waals surface area (Å²) in [5, 5.41) is 3.39. The zero-order chi connectivity index (χ0) is 39.5. The molecule has 4 aromatic rings. The molecule has 0 N–H and O–H groups in total. The third kappa shape index (κ3) is 7.78. The first kappa shape index (κ1) is 42.1. The van der Waals surface area contributed by atoms with Gasteiger partial charge >= 0.3 is 0 Å². The molecule has 0 atom stereocenters. The molecule has 54 heavy (non-hydrogen) atoms. The van der Waals surface area contributed by atoms with Gasteiger partial charge in [-0.25, -0.2) is 0 Å². The first-order valence-corrected chi connectivity index (χ1v) is 19.8. The summed E-state index contributed by atoms with van der Waals surface area (Å²) in [6.07, 6.45) is 1.56. The fraction of sp³-hybridized carbons (Fsp3) is 0.400. The molecule has 4 aromatic carbocycles. The lowest BCUT2D eigenvalue weighted by molar-refractivity contribution is 0.325. The predicted octanol–water partition coefficient (Wildman–Crippen LogP) is 6.48. The van der Waals surface area contributed by atoms with Crippen LogP contribution in [0.15, 0.2) is 48.5 Å². The first-order valence-electron chi connectivity index (χ1n) is 17.0. The smallest absolute Gasteiger partial charge is 0.203 e. The molecule has 0 aromatic heterocycles. The van der Waals surface area contributed by atoms with Gasteiger partial charge in [-0.3, -0.25) is 0 Å². The Morgan fingerprint density at radius 2 is 0.556 bits per heavy atom. The highest BCUT2D eigenvalue weighted by Crippen LogP contribution is 2.64. The summed E-state index contributed by atoms with van der Waals surface area (Å²) in [5.41, 5.74) is 0.